The highest BCUT2D eigenvalue weighted by molar-refractivity contribution is 6.32. The monoisotopic (exact) mass is 486 g/mol. The summed E-state index contributed by atoms with van der Waals surface area (Å²) in [5.41, 5.74) is 8.93. The summed E-state index contributed by atoms with van der Waals surface area (Å²) in [4.78, 5) is 13.0. The summed E-state index contributed by atoms with van der Waals surface area (Å²) in [5.74, 6) is 2.08. The highest BCUT2D eigenvalue weighted by Gasteiger charge is 2.24. The molecule has 0 radical (unpaired) electrons. The second kappa shape index (κ2) is 9.60. The number of hydrogen-bond donors (Lipinski definition) is 1. The van der Waals surface area contributed by atoms with Gasteiger partial charge in [-0.25, -0.2) is 9.97 Å². The predicted molar refractivity (Wildman–Crippen MR) is 136 cm³/mol. The first-order valence-corrected chi connectivity index (χ1v) is 11.5. The van der Waals surface area contributed by atoms with E-state index in [1.807, 2.05) is 30.3 Å². The van der Waals surface area contributed by atoms with Crippen LogP contribution in [-0.4, -0.2) is 53.5 Å². The van der Waals surface area contributed by atoms with Gasteiger partial charge in [-0.1, -0.05) is 17.7 Å². The predicted octanol–water partition coefficient (Wildman–Crippen LogP) is 3.45. The lowest BCUT2D eigenvalue weighted by Gasteiger charge is -2.35. The Morgan fingerprint density at radius 3 is 2.49 bits per heavy atom. The molecule has 1 aliphatic rings. The lowest BCUT2D eigenvalue weighted by molar-refractivity contribution is 0.415. The Balaban J connectivity index is 1.49. The zero-order chi connectivity index (χ0) is 24.4. The second-order valence-corrected chi connectivity index (χ2v) is 8.61. The van der Waals surface area contributed by atoms with E-state index in [1.165, 1.54) is 0 Å². The van der Waals surface area contributed by atoms with Crippen LogP contribution in [0.25, 0.3) is 10.8 Å². The molecule has 4 aromatic rings. The van der Waals surface area contributed by atoms with Crippen molar-refractivity contribution in [2.75, 3.05) is 48.8 Å². The number of benzene rings is 2. The minimum atomic E-state index is 0.409. The van der Waals surface area contributed by atoms with E-state index >= 15 is 0 Å². The first-order chi connectivity index (χ1) is 17.1. The van der Waals surface area contributed by atoms with Crippen molar-refractivity contribution in [2.24, 2.45) is 0 Å². The number of halogens is 1. The molecule has 5 rings (SSSR count). The first kappa shape index (κ1) is 22.6. The molecule has 2 N–H and O–H groups in total. The lowest BCUT2D eigenvalue weighted by atomic mass is 10.00. The molecule has 0 amide bonds. The van der Waals surface area contributed by atoms with Crippen LogP contribution in [0.5, 0.6) is 5.75 Å². The fourth-order valence-corrected chi connectivity index (χ4v) is 4.65. The molecular weight excluding hydrogens is 464 g/mol. The topological polar surface area (TPSA) is 117 Å². The normalized spacial score (nSPS) is 13.6. The third kappa shape index (κ3) is 4.36. The van der Waals surface area contributed by atoms with Crippen molar-refractivity contribution in [2.45, 2.75) is 6.42 Å². The summed E-state index contributed by atoms with van der Waals surface area (Å²) in [6.45, 7) is 2.97. The molecule has 35 heavy (non-hydrogen) atoms. The van der Waals surface area contributed by atoms with E-state index < -0.39 is 0 Å². The molecule has 10 heteroatoms. The summed E-state index contributed by atoms with van der Waals surface area (Å²) in [5, 5.41) is 20.9. The van der Waals surface area contributed by atoms with Crippen molar-refractivity contribution in [1.29, 1.82) is 5.26 Å². The van der Waals surface area contributed by atoms with Crippen molar-refractivity contribution in [3.05, 3.63) is 70.6 Å². The maximum absolute atomic E-state index is 9.58. The molecule has 0 spiro atoms. The van der Waals surface area contributed by atoms with Gasteiger partial charge >= 0.3 is 0 Å². The van der Waals surface area contributed by atoms with Crippen LogP contribution in [0.4, 0.5) is 17.5 Å². The molecule has 0 unspecified atom stereocenters. The number of nitrogens with zero attached hydrogens (tertiary/aromatic N) is 7. The van der Waals surface area contributed by atoms with E-state index in [9.17, 15) is 5.26 Å². The average molecular weight is 487 g/mol. The van der Waals surface area contributed by atoms with E-state index in [-0.39, 0.29) is 0 Å². The number of anilines is 3. The minimum absolute atomic E-state index is 0.409. The molecule has 0 bridgehead atoms. The fraction of sp³-hybridized carbons (Fsp3) is 0.240. The largest absolute Gasteiger partial charge is 0.495 e. The number of hydrogen-bond acceptors (Lipinski definition) is 9. The number of nitriles is 1. The zero-order valence-electron chi connectivity index (χ0n) is 19.1. The summed E-state index contributed by atoms with van der Waals surface area (Å²) >= 11 is 6.33. The van der Waals surface area contributed by atoms with Crippen molar-refractivity contribution >= 4 is 39.8 Å². The number of nitrogens with two attached hydrogens (primary N) is 1. The second-order valence-electron chi connectivity index (χ2n) is 8.20. The van der Waals surface area contributed by atoms with Crippen LogP contribution in [0.1, 0.15) is 16.8 Å². The molecule has 176 valence electrons. The van der Waals surface area contributed by atoms with Gasteiger partial charge in [0.25, 0.3) is 0 Å². The quantitative estimate of drug-likeness (QED) is 0.423. The van der Waals surface area contributed by atoms with E-state index in [1.54, 1.807) is 25.6 Å². The highest BCUT2D eigenvalue weighted by atomic mass is 35.5. The Morgan fingerprint density at radius 2 is 1.80 bits per heavy atom. The van der Waals surface area contributed by atoms with Crippen LogP contribution < -0.4 is 20.3 Å². The Kier molecular flexibility index (Phi) is 6.21. The van der Waals surface area contributed by atoms with Gasteiger partial charge in [-0.2, -0.15) is 10.4 Å². The number of nitrogen functional groups attached to an aromatic ring is 1. The number of fused-ring (bicyclic) bond motifs is 1. The van der Waals surface area contributed by atoms with E-state index in [0.717, 1.165) is 54.3 Å². The molecule has 1 fully saturated rings. The number of rotatable bonds is 5. The third-order valence-electron chi connectivity index (χ3n) is 6.16. The standard InChI is InChI=1S/C25H23ClN8O/c1-35-21-6-3-16(13-19(21)26)14-20-22-18(5-4-17(15-27)23(22)28)24(32-31-20)33-9-11-34(12-10-33)25-29-7-2-8-30-25/h2-8,13H,9-12,14,28H2,1H3. The van der Waals surface area contributed by atoms with E-state index in [2.05, 4.69) is 36.0 Å². The summed E-state index contributed by atoms with van der Waals surface area (Å²) < 4.78 is 5.26. The van der Waals surface area contributed by atoms with Crippen molar-refractivity contribution in [3.63, 3.8) is 0 Å². The van der Waals surface area contributed by atoms with Gasteiger partial charge < -0.3 is 20.3 Å². The zero-order valence-corrected chi connectivity index (χ0v) is 19.9. The van der Waals surface area contributed by atoms with Crippen LogP contribution in [0.15, 0.2) is 48.8 Å². The Bertz CT molecular complexity index is 1410. The molecule has 2 aromatic heterocycles. The van der Waals surface area contributed by atoms with Gasteiger partial charge in [-0.3, -0.25) is 0 Å². The van der Waals surface area contributed by atoms with Gasteiger partial charge in [0.1, 0.15) is 11.8 Å². The van der Waals surface area contributed by atoms with Crippen LogP contribution in [-0.2, 0) is 6.42 Å². The van der Waals surface area contributed by atoms with Gasteiger partial charge in [0.05, 0.1) is 29.1 Å². The molecule has 1 aliphatic heterocycles. The third-order valence-corrected chi connectivity index (χ3v) is 6.46. The smallest absolute Gasteiger partial charge is 0.225 e. The summed E-state index contributed by atoms with van der Waals surface area (Å²) in [6, 6.07) is 13.2. The molecule has 0 aliphatic carbocycles. The van der Waals surface area contributed by atoms with Gasteiger partial charge in [0.2, 0.25) is 5.95 Å². The maximum Gasteiger partial charge on any atom is 0.225 e. The van der Waals surface area contributed by atoms with Gasteiger partial charge in [0, 0.05) is 55.8 Å². The highest BCUT2D eigenvalue weighted by Crippen LogP contribution is 2.34. The van der Waals surface area contributed by atoms with Crippen LogP contribution >= 0.6 is 11.6 Å². The van der Waals surface area contributed by atoms with E-state index in [0.29, 0.717) is 34.1 Å². The number of aromatic nitrogens is 4. The van der Waals surface area contributed by atoms with E-state index in [4.69, 9.17) is 22.1 Å². The SMILES string of the molecule is COc1ccc(Cc2nnc(N3CCN(c4ncccn4)CC3)c3ccc(C#N)c(N)c23)cc1Cl. The van der Waals surface area contributed by atoms with Gasteiger partial charge in [0.15, 0.2) is 5.82 Å². The number of ether oxygens (including phenoxy) is 1. The number of methoxy groups -OCH3 is 1. The molecule has 3 heterocycles. The molecule has 0 saturated carbocycles. The Hall–Kier alpha value is -4.16. The maximum atomic E-state index is 9.58. The average Bonchev–Trinajstić information content (AvgIpc) is 2.90. The summed E-state index contributed by atoms with van der Waals surface area (Å²) in [7, 11) is 1.58. The van der Waals surface area contributed by atoms with Gasteiger partial charge in [-0.05, 0) is 35.9 Å². The summed E-state index contributed by atoms with van der Waals surface area (Å²) in [6.07, 6.45) is 3.96. The van der Waals surface area contributed by atoms with Crippen LogP contribution in [0.2, 0.25) is 5.02 Å². The van der Waals surface area contributed by atoms with Crippen LogP contribution in [0, 0.1) is 11.3 Å². The Labute approximate surface area is 207 Å². The van der Waals surface area contributed by atoms with Crippen molar-refractivity contribution in [1.82, 2.24) is 20.2 Å². The molecular formula is C25H23ClN8O. The Morgan fingerprint density at radius 1 is 1.06 bits per heavy atom. The molecule has 9 nitrogen and oxygen atoms in total. The van der Waals surface area contributed by atoms with Crippen LogP contribution in [0.3, 0.4) is 0 Å². The first-order valence-electron chi connectivity index (χ1n) is 11.2. The van der Waals surface area contributed by atoms with Crippen molar-refractivity contribution < 1.29 is 4.74 Å². The van der Waals surface area contributed by atoms with Crippen molar-refractivity contribution in [3.8, 4) is 11.8 Å². The molecule has 2 aromatic carbocycles. The number of piperazine rings is 1. The minimum Gasteiger partial charge on any atom is -0.495 e. The molecule has 1 saturated heterocycles. The fourth-order valence-electron chi connectivity index (χ4n) is 4.37. The lowest BCUT2D eigenvalue weighted by Crippen LogP contribution is -2.47. The van der Waals surface area contributed by atoms with Gasteiger partial charge in [-0.15, -0.1) is 5.10 Å². The molecule has 0 atom stereocenters.